The number of aromatic nitrogens is 4. The number of aryl methyl sites for hydroxylation is 2. The zero-order valence-corrected chi connectivity index (χ0v) is 31.3. The number of fused-ring (bicyclic) bond motifs is 1. The van der Waals surface area contributed by atoms with E-state index in [4.69, 9.17) is 4.98 Å². The van der Waals surface area contributed by atoms with Gasteiger partial charge in [0.05, 0.1) is 39.9 Å². The third-order valence-electron chi connectivity index (χ3n) is 10.7. The number of hydrogen-bond acceptors (Lipinski definition) is 9. The Morgan fingerprint density at radius 3 is 2.36 bits per heavy atom. The van der Waals surface area contributed by atoms with E-state index in [-0.39, 0.29) is 35.8 Å². The molecule has 53 heavy (non-hydrogen) atoms. The molecule has 2 aromatic carbocycles. The first kappa shape index (κ1) is 35.0. The van der Waals surface area contributed by atoms with Crippen LogP contribution in [-0.4, -0.2) is 78.0 Å². The lowest BCUT2D eigenvalue weighted by atomic mass is 9.79. The number of piperidine rings is 2. The number of nitrogens with zero attached hydrogens (tertiary/aromatic N) is 6. The van der Waals surface area contributed by atoms with Crippen LogP contribution in [0.1, 0.15) is 51.8 Å². The summed E-state index contributed by atoms with van der Waals surface area (Å²) in [6.07, 6.45) is 4.55. The fraction of sp³-hybridized carbons (Fsp3) is 0.317. The highest BCUT2D eigenvalue weighted by molar-refractivity contribution is 7.17. The summed E-state index contributed by atoms with van der Waals surface area (Å²) < 4.78 is 1.50. The molecule has 1 N–H and O–H groups in total. The lowest BCUT2D eigenvalue weighted by molar-refractivity contribution is -0.142. The summed E-state index contributed by atoms with van der Waals surface area (Å²) in [6, 6.07) is 23.8. The highest BCUT2D eigenvalue weighted by Gasteiger charge is 2.42. The molecule has 2 aliphatic heterocycles. The molecule has 4 aromatic heterocycles. The van der Waals surface area contributed by atoms with Gasteiger partial charge in [-0.2, -0.15) is 0 Å². The van der Waals surface area contributed by atoms with E-state index in [1.807, 2.05) is 102 Å². The fourth-order valence-electron chi connectivity index (χ4n) is 7.65. The van der Waals surface area contributed by atoms with Gasteiger partial charge < -0.3 is 14.9 Å². The summed E-state index contributed by atoms with van der Waals surface area (Å²) in [7, 11) is 0. The molecule has 12 heteroatoms. The van der Waals surface area contributed by atoms with Crippen LogP contribution in [0.3, 0.4) is 0 Å². The molecule has 2 fully saturated rings. The van der Waals surface area contributed by atoms with Gasteiger partial charge in [0, 0.05) is 60.8 Å². The maximum absolute atomic E-state index is 14.3. The van der Waals surface area contributed by atoms with Crippen LogP contribution in [-0.2, 0) is 11.3 Å². The number of carbonyl (C=O) groups is 2. The Balaban J connectivity index is 0.954. The van der Waals surface area contributed by atoms with Crippen LogP contribution in [0.5, 0.6) is 0 Å². The van der Waals surface area contributed by atoms with E-state index in [1.54, 1.807) is 6.20 Å². The van der Waals surface area contributed by atoms with Gasteiger partial charge >= 0.3 is 0 Å². The maximum Gasteiger partial charge on any atom is 0.265 e. The molecule has 0 saturated carbocycles. The van der Waals surface area contributed by atoms with Gasteiger partial charge in [0.2, 0.25) is 5.91 Å². The Labute approximate surface area is 315 Å². The molecule has 6 heterocycles. The molecule has 2 aliphatic rings. The molecule has 0 aliphatic carbocycles. The van der Waals surface area contributed by atoms with Crippen LogP contribution in [0.2, 0.25) is 0 Å². The molecule has 2 atom stereocenters. The van der Waals surface area contributed by atoms with Gasteiger partial charge in [0.25, 0.3) is 11.5 Å². The van der Waals surface area contributed by atoms with Gasteiger partial charge in [0.1, 0.15) is 9.88 Å². The maximum atomic E-state index is 14.3. The van der Waals surface area contributed by atoms with Crippen molar-refractivity contribution in [2.75, 3.05) is 26.2 Å². The fourth-order valence-corrected chi connectivity index (χ4v) is 9.67. The highest BCUT2D eigenvalue weighted by Crippen LogP contribution is 2.38. The Kier molecular flexibility index (Phi) is 9.52. The summed E-state index contributed by atoms with van der Waals surface area (Å²) in [6.45, 7) is 5.56. The third-order valence-corrected chi connectivity index (χ3v) is 12.9. The summed E-state index contributed by atoms with van der Waals surface area (Å²) in [4.78, 5) is 60.8. The smallest absolute Gasteiger partial charge is 0.265 e. The van der Waals surface area contributed by atoms with Crippen molar-refractivity contribution in [3.05, 3.63) is 123 Å². The van der Waals surface area contributed by atoms with Crippen molar-refractivity contribution in [1.82, 2.24) is 29.3 Å². The van der Waals surface area contributed by atoms with E-state index in [0.29, 0.717) is 66.9 Å². The normalized spacial score (nSPS) is 18.7. The average molecular weight is 745 g/mol. The Morgan fingerprint density at radius 2 is 1.64 bits per heavy atom. The van der Waals surface area contributed by atoms with Crippen molar-refractivity contribution in [3.8, 4) is 21.0 Å². The van der Waals surface area contributed by atoms with Gasteiger partial charge in [-0.05, 0) is 56.4 Å². The summed E-state index contributed by atoms with van der Waals surface area (Å²) in [5.41, 5.74) is 3.87. The van der Waals surface area contributed by atoms with Crippen LogP contribution in [0.25, 0.3) is 31.9 Å². The average Bonchev–Trinajstić information content (AvgIpc) is 3.80. The number of likely N-dealkylation sites (tertiary alicyclic amines) is 2. The molecule has 2 saturated heterocycles. The van der Waals surface area contributed by atoms with Gasteiger partial charge in [-0.3, -0.25) is 23.9 Å². The number of benzene rings is 2. The first-order chi connectivity index (χ1) is 25.7. The lowest BCUT2D eigenvalue weighted by Crippen LogP contribution is -2.53. The molecular formula is C41H40N6O4S2. The second-order valence-corrected chi connectivity index (χ2v) is 16.1. The number of carbonyl (C=O) groups excluding carboxylic acids is 2. The summed E-state index contributed by atoms with van der Waals surface area (Å²) in [5, 5.41) is 14.8. The van der Waals surface area contributed by atoms with Crippen LogP contribution in [0.15, 0.2) is 95.5 Å². The van der Waals surface area contributed by atoms with Crippen molar-refractivity contribution >= 4 is 45.4 Å². The molecule has 0 radical (unpaired) electrons. The molecule has 2 amide bonds. The van der Waals surface area contributed by atoms with Gasteiger partial charge in [-0.1, -0.05) is 60.7 Å². The highest BCUT2D eigenvalue weighted by atomic mass is 32.1. The number of pyridine rings is 1. The number of thiazole rings is 1. The molecule has 8 rings (SSSR count). The summed E-state index contributed by atoms with van der Waals surface area (Å²) in [5.74, 6) is -0.513. The molecule has 6 aromatic rings. The van der Waals surface area contributed by atoms with Crippen molar-refractivity contribution in [2.24, 2.45) is 5.92 Å². The van der Waals surface area contributed by atoms with Crippen molar-refractivity contribution in [2.45, 2.75) is 51.2 Å². The van der Waals surface area contributed by atoms with Crippen LogP contribution in [0, 0.1) is 19.8 Å². The largest absolute Gasteiger partial charge is 0.388 e. The second-order valence-electron chi connectivity index (χ2n) is 14.2. The van der Waals surface area contributed by atoms with Crippen LogP contribution >= 0.6 is 22.7 Å². The molecule has 0 spiro atoms. The number of thiophene rings is 1. The van der Waals surface area contributed by atoms with E-state index < -0.39 is 5.60 Å². The minimum atomic E-state index is -1.15. The van der Waals surface area contributed by atoms with Gasteiger partial charge in [0.15, 0.2) is 0 Å². The molecule has 0 bridgehead atoms. The predicted octanol–water partition coefficient (Wildman–Crippen LogP) is 6.56. The second kappa shape index (κ2) is 14.4. The van der Waals surface area contributed by atoms with E-state index >= 15 is 0 Å². The van der Waals surface area contributed by atoms with Crippen LogP contribution in [0.4, 0.5) is 0 Å². The van der Waals surface area contributed by atoms with E-state index in [0.717, 1.165) is 32.3 Å². The van der Waals surface area contributed by atoms with E-state index in [9.17, 15) is 19.5 Å². The lowest BCUT2D eigenvalue weighted by Gasteiger charge is -2.43. The third kappa shape index (κ3) is 6.94. The standard InChI is InChI=1S/C41H40N6O4S2/c1-26-13-14-30(21-42-26)37-44-27(2)35(53-37)40(50)46-18-15-31(32(22-46)28-9-5-3-6-10-28)38(48)45-19-16-41(51,17-20-45)24-47-25-43-34-33(39(47)49)23-52-36(34)29-11-7-4-8-12-29/h3-14,21,23,25,31-32,51H,15-20,22,24H2,1-2H3/t31-,32+/m1/s1. The summed E-state index contributed by atoms with van der Waals surface area (Å²) >= 11 is 2.87. The molecular weight excluding hydrogens is 705 g/mol. The molecule has 0 unspecified atom stereocenters. The minimum Gasteiger partial charge on any atom is -0.388 e. The van der Waals surface area contributed by atoms with Crippen molar-refractivity contribution in [1.29, 1.82) is 0 Å². The predicted molar refractivity (Wildman–Crippen MR) is 208 cm³/mol. The number of amides is 2. The SMILES string of the molecule is Cc1ccc(-c2nc(C)c(C(=O)N3CC[C@@H](C(=O)N4CCC(O)(Cn5cnc6c(-c7ccccc7)scc6c5=O)CC4)[C@H](c4ccccc4)C3)s2)cn1. The van der Waals surface area contributed by atoms with Crippen molar-refractivity contribution < 1.29 is 14.7 Å². The van der Waals surface area contributed by atoms with E-state index in [2.05, 4.69) is 9.97 Å². The first-order valence-corrected chi connectivity index (χ1v) is 19.6. The topological polar surface area (TPSA) is 122 Å². The minimum absolute atomic E-state index is 0.0445. The monoisotopic (exact) mass is 744 g/mol. The zero-order chi connectivity index (χ0) is 36.7. The number of rotatable bonds is 7. The quantitative estimate of drug-likeness (QED) is 0.197. The Hall–Kier alpha value is -5.04. The number of aliphatic hydroxyl groups is 1. The Morgan fingerprint density at radius 1 is 0.906 bits per heavy atom. The Bertz CT molecular complexity index is 2330. The number of hydrogen-bond donors (Lipinski definition) is 1. The molecule has 270 valence electrons. The first-order valence-electron chi connectivity index (χ1n) is 18.0. The van der Waals surface area contributed by atoms with Gasteiger partial charge in [-0.15, -0.1) is 22.7 Å². The molecule has 10 nitrogen and oxygen atoms in total. The van der Waals surface area contributed by atoms with Gasteiger partial charge in [-0.25, -0.2) is 9.97 Å². The van der Waals surface area contributed by atoms with Crippen LogP contribution < -0.4 is 5.56 Å². The van der Waals surface area contributed by atoms with E-state index in [1.165, 1.54) is 33.6 Å². The zero-order valence-electron chi connectivity index (χ0n) is 29.6. The van der Waals surface area contributed by atoms with Crippen molar-refractivity contribution in [3.63, 3.8) is 0 Å².